The predicted octanol–water partition coefficient (Wildman–Crippen LogP) is 4.35. The number of nitrogens with two attached hydrogens (primary N) is 2. The minimum atomic E-state index is -0.344. The Kier molecular flexibility index (Phi) is 8.62. The van der Waals surface area contributed by atoms with E-state index in [1.807, 2.05) is 24.3 Å². The van der Waals surface area contributed by atoms with Crippen molar-refractivity contribution < 1.29 is 19.1 Å². The average molecular weight is 502 g/mol. The molecule has 192 valence electrons. The van der Waals surface area contributed by atoms with E-state index in [1.54, 1.807) is 41.3 Å². The summed E-state index contributed by atoms with van der Waals surface area (Å²) in [6, 6.07) is 13.8. The minimum absolute atomic E-state index is 0.211. The van der Waals surface area contributed by atoms with Gasteiger partial charge in [0.05, 0.1) is 11.4 Å². The number of anilines is 2. The summed E-state index contributed by atoms with van der Waals surface area (Å²) in [4.78, 5) is 27.3. The quantitative estimate of drug-likeness (QED) is 0.378. The summed E-state index contributed by atoms with van der Waals surface area (Å²) in [6.07, 6.45) is 11.3. The zero-order valence-corrected chi connectivity index (χ0v) is 20.5. The van der Waals surface area contributed by atoms with Crippen LogP contribution in [0, 0.1) is 0 Å². The molecule has 1 aliphatic heterocycles. The van der Waals surface area contributed by atoms with E-state index in [2.05, 4.69) is 16.7 Å². The molecule has 0 fully saturated rings. The monoisotopic (exact) mass is 501 g/mol. The van der Waals surface area contributed by atoms with Crippen molar-refractivity contribution >= 4 is 23.3 Å². The van der Waals surface area contributed by atoms with Crippen molar-refractivity contribution in [3.63, 3.8) is 0 Å². The summed E-state index contributed by atoms with van der Waals surface area (Å²) in [7, 11) is 0. The van der Waals surface area contributed by atoms with Gasteiger partial charge >= 0.3 is 6.03 Å². The third-order valence-electron chi connectivity index (χ3n) is 5.85. The second-order valence-electron chi connectivity index (χ2n) is 8.59. The smallest absolute Gasteiger partial charge is 0.324 e. The Hall–Kier alpha value is -4.50. The Balaban J connectivity index is 1.37. The summed E-state index contributed by atoms with van der Waals surface area (Å²) in [6.45, 7) is 1.22. The number of rotatable bonds is 9. The van der Waals surface area contributed by atoms with Gasteiger partial charge < -0.3 is 31.2 Å². The Morgan fingerprint density at radius 3 is 2.57 bits per heavy atom. The Labute approximate surface area is 216 Å². The van der Waals surface area contributed by atoms with Crippen molar-refractivity contribution in [1.29, 1.82) is 0 Å². The number of amides is 3. The highest BCUT2D eigenvalue weighted by molar-refractivity contribution is 6.05. The molecule has 0 unspecified atom stereocenters. The molecule has 3 amide bonds. The van der Waals surface area contributed by atoms with Gasteiger partial charge in [-0.3, -0.25) is 10.1 Å². The largest absolute Gasteiger partial charge is 0.463 e. The fraction of sp³-hybridized carbons (Fsp3) is 0.214. The topological polar surface area (TPSA) is 132 Å². The number of ether oxygens (including phenoxy) is 2. The molecule has 0 atom stereocenters. The van der Waals surface area contributed by atoms with Crippen LogP contribution in [0.5, 0.6) is 0 Å². The zero-order chi connectivity index (χ0) is 26.0. The molecule has 2 aromatic carbocycles. The van der Waals surface area contributed by atoms with Gasteiger partial charge in [0, 0.05) is 18.7 Å². The maximum atomic E-state index is 13.1. The number of carbonyl (C=O) groups is 2. The van der Waals surface area contributed by atoms with Crippen LogP contribution in [-0.4, -0.2) is 29.9 Å². The number of hydrogen-bond donors (Lipinski definition) is 4. The first-order valence-corrected chi connectivity index (χ1v) is 12.1. The van der Waals surface area contributed by atoms with E-state index in [4.69, 9.17) is 20.9 Å². The lowest BCUT2D eigenvalue weighted by atomic mass is 10.0. The first-order chi connectivity index (χ1) is 18.0. The van der Waals surface area contributed by atoms with E-state index in [0.717, 1.165) is 24.0 Å². The molecule has 1 aliphatic carbocycles. The highest BCUT2D eigenvalue weighted by atomic mass is 16.6. The molecule has 0 spiro atoms. The van der Waals surface area contributed by atoms with E-state index >= 15 is 0 Å². The fourth-order valence-electron chi connectivity index (χ4n) is 3.83. The molecule has 2 aliphatic rings. The summed E-state index contributed by atoms with van der Waals surface area (Å²) in [5.74, 6) is 0.515. The van der Waals surface area contributed by atoms with E-state index < -0.39 is 0 Å². The third kappa shape index (κ3) is 7.02. The molecule has 0 radical (unpaired) electrons. The Morgan fingerprint density at radius 2 is 1.84 bits per heavy atom. The average Bonchev–Trinajstić information content (AvgIpc) is 2.93. The normalized spacial score (nSPS) is 14.4. The molecule has 0 aromatic heterocycles. The molecule has 9 heteroatoms. The minimum Gasteiger partial charge on any atom is -0.463 e. The van der Waals surface area contributed by atoms with Crippen molar-refractivity contribution in [3.05, 3.63) is 108 Å². The molecule has 0 saturated carbocycles. The van der Waals surface area contributed by atoms with Gasteiger partial charge in [-0.05, 0) is 61.2 Å². The van der Waals surface area contributed by atoms with Gasteiger partial charge in [0.25, 0.3) is 5.91 Å². The van der Waals surface area contributed by atoms with Crippen LogP contribution in [0.3, 0.4) is 0 Å². The summed E-state index contributed by atoms with van der Waals surface area (Å²) in [5.41, 5.74) is 15.0. The highest BCUT2D eigenvalue weighted by Gasteiger charge is 2.20. The van der Waals surface area contributed by atoms with E-state index in [0.29, 0.717) is 48.8 Å². The number of urea groups is 1. The number of para-hydroxylation sites is 2. The number of nitrogen functional groups attached to an aromatic ring is 1. The van der Waals surface area contributed by atoms with Crippen LogP contribution >= 0.6 is 0 Å². The van der Waals surface area contributed by atoms with Gasteiger partial charge in [-0.15, -0.1) is 0 Å². The van der Waals surface area contributed by atoms with Crippen molar-refractivity contribution in [2.45, 2.75) is 25.8 Å². The predicted molar refractivity (Wildman–Crippen MR) is 143 cm³/mol. The SMILES string of the molecule is NCCCN(Cc1ccc(C(=O)Nc2ccccc2N)cc1)C(=O)NC1=COC=C(C2=CC=CCC2)O1. The second-order valence-corrected chi connectivity index (χ2v) is 8.59. The van der Waals surface area contributed by atoms with E-state index in [9.17, 15) is 9.59 Å². The molecule has 1 heterocycles. The Bertz CT molecular complexity index is 1250. The van der Waals surface area contributed by atoms with Gasteiger partial charge in [-0.25, -0.2) is 4.79 Å². The number of hydrogen-bond acceptors (Lipinski definition) is 6. The lowest BCUT2D eigenvalue weighted by Crippen LogP contribution is -2.41. The number of allylic oxidation sites excluding steroid dienone is 4. The van der Waals surface area contributed by atoms with Gasteiger partial charge in [0.2, 0.25) is 5.88 Å². The maximum Gasteiger partial charge on any atom is 0.324 e. The first kappa shape index (κ1) is 25.6. The van der Waals surface area contributed by atoms with Crippen LogP contribution < -0.4 is 22.1 Å². The van der Waals surface area contributed by atoms with Gasteiger partial charge in [0.1, 0.15) is 6.26 Å². The van der Waals surface area contributed by atoms with E-state index in [-0.39, 0.29) is 17.8 Å². The van der Waals surface area contributed by atoms with Gasteiger partial charge in [-0.2, -0.15) is 0 Å². The second kappa shape index (κ2) is 12.5. The lowest BCUT2D eigenvalue weighted by molar-refractivity contribution is 0.102. The lowest BCUT2D eigenvalue weighted by Gasteiger charge is -2.25. The molecule has 37 heavy (non-hydrogen) atoms. The van der Waals surface area contributed by atoms with E-state index in [1.165, 1.54) is 12.5 Å². The number of carbonyl (C=O) groups excluding carboxylic acids is 2. The van der Waals surface area contributed by atoms with Gasteiger partial charge in [0.15, 0.2) is 12.0 Å². The molecular formula is C28H31N5O4. The van der Waals surface area contributed by atoms with Crippen LogP contribution in [-0.2, 0) is 16.0 Å². The molecule has 0 bridgehead atoms. The van der Waals surface area contributed by atoms with Crippen molar-refractivity contribution in [2.75, 3.05) is 24.1 Å². The van der Waals surface area contributed by atoms with Gasteiger partial charge in [-0.1, -0.05) is 42.5 Å². The molecular weight excluding hydrogens is 470 g/mol. The van der Waals surface area contributed by atoms with Crippen LogP contribution in [0.2, 0.25) is 0 Å². The first-order valence-electron chi connectivity index (χ1n) is 12.1. The molecule has 2 aromatic rings. The molecule has 4 rings (SSSR count). The maximum absolute atomic E-state index is 13.1. The number of nitrogens with one attached hydrogen (secondary N) is 2. The fourth-order valence-corrected chi connectivity index (χ4v) is 3.83. The van der Waals surface area contributed by atoms with Crippen molar-refractivity contribution in [3.8, 4) is 0 Å². The van der Waals surface area contributed by atoms with Crippen LogP contribution in [0.25, 0.3) is 0 Å². The van der Waals surface area contributed by atoms with Crippen molar-refractivity contribution in [2.24, 2.45) is 5.73 Å². The highest BCUT2D eigenvalue weighted by Crippen LogP contribution is 2.25. The summed E-state index contributed by atoms with van der Waals surface area (Å²) < 4.78 is 11.3. The molecule has 0 saturated heterocycles. The molecule has 9 nitrogen and oxygen atoms in total. The summed E-state index contributed by atoms with van der Waals surface area (Å²) >= 11 is 0. The Morgan fingerprint density at radius 1 is 1.03 bits per heavy atom. The third-order valence-corrected chi connectivity index (χ3v) is 5.85. The number of benzene rings is 2. The van der Waals surface area contributed by atoms with Crippen LogP contribution in [0.15, 0.2) is 96.5 Å². The van der Waals surface area contributed by atoms with Crippen LogP contribution in [0.4, 0.5) is 16.2 Å². The zero-order valence-electron chi connectivity index (χ0n) is 20.5. The standard InChI is InChI=1S/C28H31N5O4/c29-15-6-16-33(28(35)32-26-19-36-18-25(37-26)21-7-2-1-3-8-21)17-20-11-13-22(14-12-20)27(34)31-24-10-5-4-9-23(24)30/h1-2,4-5,7,9-14,18-19H,3,6,8,15-17,29-30H2,(H,31,34)(H,32,35). The summed E-state index contributed by atoms with van der Waals surface area (Å²) in [5, 5.41) is 5.59. The molecule has 6 N–H and O–H groups in total. The van der Waals surface area contributed by atoms with Crippen molar-refractivity contribution in [1.82, 2.24) is 10.2 Å². The van der Waals surface area contributed by atoms with Crippen LogP contribution in [0.1, 0.15) is 35.2 Å². The number of nitrogens with zero attached hydrogens (tertiary/aromatic N) is 1.